The molecule has 3 rings (SSSR count). The summed E-state index contributed by atoms with van der Waals surface area (Å²) in [7, 11) is 0. The van der Waals surface area contributed by atoms with E-state index in [4.69, 9.17) is 4.74 Å². The Balaban J connectivity index is 1.74. The minimum atomic E-state index is -0.872. The molecule has 1 aliphatic heterocycles. The standard InChI is InChI=1S/C23H25F2N3O3S/c1-3-31-12-6-11-28-22(30)20(32-23(28)27-18-8-5-4-7-15(18)2)14-21(29)26-19-10-9-16(24)13-17(19)25/h4-5,7-10,13,20H,3,6,11-12,14H2,1-2H3,(H,26,29). The van der Waals surface area contributed by atoms with E-state index in [2.05, 4.69) is 10.3 Å². The summed E-state index contributed by atoms with van der Waals surface area (Å²) in [5, 5.41) is 2.24. The van der Waals surface area contributed by atoms with E-state index in [-0.39, 0.29) is 18.0 Å². The summed E-state index contributed by atoms with van der Waals surface area (Å²) >= 11 is 1.21. The molecule has 0 radical (unpaired) electrons. The van der Waals surface area contributed by atoms with Crippen molar-refractivity contribution in [2.45, 2.75) is 31.9 Å². The van der Waals surface area contributed by atoms with Crippen LogP contribution in [0.1, 0.15) is 25.3 Å². The maximum absolute atomic E-state index is 13.8. The van der Waals surface area contributed by atoms with E-state index >= 15 is 0 Å². The van der Waals surface area contributed by atoms with Gasteiger partial charge in [-0.25, -0.2) is 13.8 Å². The first kappa shape index (κ1) is 23.9. The molecule has 2 amide bonds. The van der Waals surface area contributed by atoms with Crippen LogP contribution in [0.5, 0.6) is 0 Å². The molecule has 2 aromatic rings. The molecule has 1 heterocycles. The van der Waals surface area contributed by atoms with Crippen LogP contribution in [0.2, 0.25) is 0 Å². The number of nitrogens with one attached hydrogen (secondary N) is 1. The molecular weight excluding hydrogens is 436 g/mol. The highest BCUT2D eigenvalue weighted by Gasteiger charge is 2.39. The van der Waals surface area contributed by atoms with Gasteiger partial charge in [0.05, 0.1) is 11.4 Å². The SMILES string of the molecule is CCOCCCN1C(=O)C(CC(=O)Nc2ccc(F)cc2F)SC1=Nc1ccccc1C. The first-order valence-electron chi connectivity index (χ1n) is 10.3. The van der Waals surface area contributed by atoms with Crippen molar-refractivity contribution in [1.82, 2.24) is 4.90 Å². The van der Waals surface area contributed by atoms with Gasteiger partial charge in [0, 0.05) is 32.2 Å². The molecule has 0 bridgehead atoms. The van der Waals surface area contributed by atoms with E-state index in [9.17, 15) is 18.4 Å². The third-order valence-corrected chi connectivity index (χ3v) is 5.98. The summed E-state index contributed by atoms with van der Waals surface area (Å²) in [6, 6.07) is 10.5. The molecule has 0 saturated carbocycles. The first-order chi connectivity index (χ1) is 15.4. The topological polar surface area (TPSA) is 71.0 Å². The lowest BCUT2D eigenvalue weighted by Crippen LogP contribution is -2.34. The number of aliphatic imine (C=N–C) groups is 1. The predicted octanol–water partition coefficient (Wildman–Crippen LogP) is 4.66. The smallest absolute Gasteiger partial charge is 0.242 e. The van der Waals surface area contributed by atoms with Gasteiger partial charge in [-0.3, -0.25) is 14.5 Å². The lowest BCUT2D eigenvalue weighted by Gasteiger charge is -2.16. The zero-order valence-electron chi connectivity index (χ0n) is 17.9. The number of carbonyl (C=O) groups is 2. The second-order valence-electron chi connectivity index (χ2n) is 7.20. The predicted molar refractivity (Wildman–Crippen MR) is 122 cm³/mol. The van der Waals surface area contributed by atoms with Crippen molar-refractivity contribution in [1.29, 1.82) is 0 Å². The Morgan fingerprint density at radius 1 is 1.25 bits per heavy atom. The van der Waals surface area contributed by atoms with Crippen LogP contribution in [0.4, 0.5) is 20.2 Å². The molecule has 9 heteroatoms. The van der Waals surface area contributed by atoms with Crippen LogP contribution >= 0.6 is 11.8 Å². The average Bonchev–Trinajstić information content (AvgIpc) is 3.03. The highest BCUT2D eigenvalue weighted by Crippen LogP contribution is 2.33. The van der Waals surface area contributed by atoms with Gasteiger partial charge in [-0.05, 0) is 44.0 Å². The van der Waals surface area contributed by atoms with Gasteiger partial charge in [0.15, 0.2) is 5.17 Å². The lowest BCUT2D eigenvalue weighted by molar-refractivity contribution is -0.128. The number of aryl methyl sites for hydroxylation is 1. The van der Waals surface area contributed by atoms with Gasteiger partial charge in [-0.15, -0.1) is 0 Å². The van der Waals surface area contributed by atoms with Crippen LogP contribution in [0.15, 0.2) is 47.5 Å². The molecule has 1 N–H and O–H groups in total. The Kier molecular flexibility index (Phi) is 8.35. The Morgan fingerprint density at radius 2 is 2.03 bits per heavy atom. The van der Waals surface area contributed by atoms with Gasteiger partial charge < -0.3 is 10.1 Å². The number of anilines is 1. The Hall–Kier alpha value is -2.78. The van der Waals surface area contributed by atoms with E-state index in [1.165, 1.54) is 11.8 Å². The van der Waals surface area contributed by atoms with Gasteiger partial charge in [0.25, 0.3) is 0 Å². The summed E-state index contributed by atoms with van der Waals surface area (Å²) in [4.78, 5) is 31.7. The molecule has 2 aromatic carbocycles. The molecule has 32 heavy (non-hydrogen) atoms. The maximum atomic E-state index is 13.8. The summed E-state index contributed by atoms with van der Waals surface area (Å²) < 4.78 is 32.3. The third-order valence-electron chi connectivity index (χ3n) is 4.80. The van der Waals surface area contributed by atoms with Gasteiger partial charge in [0.2, 0.25) is 11.8 Å². The number of rotatable bonds is 9. The Labute approximate surface area is 190 Å². The van der Waals surface area contributed by atoms with Crippen molar-refractivity contribution in [3.8, 4) is 0 Å². The molecule has 0 aromatic heterocycles. The summed E-state index contributed by atoms with van der Waals surface area (Å²) in [5.41, 5.74) is 1.58. The van der Waals surface area contributed by atoms with E-state index in [1.54, 1.807) is 4.90 Å². The number of thioether (sulfide) groups is 1. The molecular formula is C23H25F2N3O3S. The van der Waals surface area contributed by atoms with Gasteiger partial charge >= 0.3 is 0 Å². The van der Waals surface area contributed by atoms with Crippen molar-refractivity contribution >= 4 is 40.1 Å². The van der Waals surface area contributed by atoms with E-state index in [0.29, 0.717) is 37.4 Å². The van der Waals surface area contributed by atoms with Crippen LogP contribution in [0.3, 0.4) is 0 Å². The molecule has 0 spiro atoms. The maximum Gasteiger partial charge on any atom is 0.242 e. The fraction of sp³-hybridized carbons (Fsp3) is 0.348. The second kappa shape index (κ2) is 11.2. The molecule has 1 aliphatic rings. The Bertz CT molecular complexity index is 1020. The van der Waals surface area contributed by atoms with Crippen LogP contribution in [-0.4, -0.2) is 46.9 Å². The van der Waals surface area contributed by atoms with Crippen LogP contribution in [-0.2, 0) is 14.3 Å². The minimum absolute atomic E-state index is 0.130. The number of benzene rings is 2. The zero-order chi connectivity index (χ0) is 23.1. The average molecular weight is 462 g/mol. The minimum Gasteiger partial charge on any atom is -0.382 e. The van der Waals surface area contributed by atoms with Crippen molar-refractivity contribution in [2.24, 2.45) is 4.99 Å². The van der Waals surface area contributed by atoms with Crippen molar-refractivity contribution < 1.29 is 23.1 Å². The number of ether oxygens (including phenoxy) is 1. The highest BCUT2D eigenvalue weighted by molar-refractivity contribution is 8.15. The van der Waals surface area contributed by atoms with Crippen LogP contribution < -0.4 is 5.32 Å². The number of nitrogens with zero attached hydrogens (tertiary/aromatic N) is 2. The number of para-hydroxylation sites is 1. The van der Waals surface area contributed by atoms with E-state index in [1.807, 2.05) is 38.1 Å². The number of hydrogen-bond donors (Lipinski definition) is 1. The summed E-state index contributed by atoms with van der Waals surface area (Å²) in [6.45, 7) is 5.36. The Morgan fingerprint density at radius 3 is 2.75 bits per heavy atom. The van der Waals surface area contributed by atoms with Gasteiger partial charge in [-0.1, -0.05) is 30.0 Å². The molecule has 1 fully saturated rings. The van der Waals surface area contributed by atoms with Crippen molar-refractivity contribution in [3.05, 3.63) is 59.7 Å². The molecule has 1 unspecified atom stereocenters. The fourth-order valence-corrected chi connectivity index (χ4v) is 4.33. The molecule has 1 atom stereocenters. The molecule has 170 valence electrons. The summed E-state index contributed by atoms with van der Waals surface area (Å²) in [6.07, 6.45) is 0.474. The van der Waals surface area contributed by atoms with Gasteiger partial charge in [-0.2, -0.15) is 0 Å². The van der Waals surface area contributed by atoms with Crippen LogP contribution in [0, 0.1) is 18.6 Å². The third kappa shape index (κ3) is 6.14. The van der Waals surface area contributed by atoms with Crippen molar-refractivity contribution in [2.75, 3.05) is 25.1 Å². The first-order valence-corrected chi connectivity index (χ1v) is 11.2. The molecule has 1 saturated heterocycles. The number of carbonyl (C=O) groups excluding carboxylic acids is 2. The van der Waals surface area contributed by atoms with E-state index < -0.39 is 22.8 Å². The number of amidine groups is 1. The molecule has 0 aliphatic carbocycles. The quantitative estimate of drug-likeness (QED) is 0.552. The van der Waals surface area contributed by atoms with E-state index in [0.717, 1.165) is 23.4 Å². The summed E-state index contributed by atoms with van der Waals surface area (Å²) in [5.74, 6) is -2.37. The monoisotopic (exact) mass is 461 g/mol. The largest absolute Gasteiger partial charge is 0.382 e. The fourth-order valence-electron chi connectivity index (χ4n) is 3.15. The number of amides is 2. The number of hydrogen-bond acceptors (Lipinski definition) is 5. The normalized spacial score (nSPS) is 17.2. The molecule has 6 nitrogen and oxygen atoms in total. The second-order valence-corrected chi connectivity index (χ2v) is 8.37. The van der Waals surface area contributed by atoms with Gasteiger partial charge in [0.1, 0.15) is 16.9 Å². The zero-order valence-corrected chi connectivity index (χ0v) is 18.8. The lowest BCUT2D eigenvalue weighted by atomic mass is 10.2. The number of halogens is 2. The van der Waals surface area contributed by atoms with Crippen molar-refractivity contribution in [3.63, 3.8) is 0 Å². The highest BCUT2D eigenvalue weighted by atomic mass is 32.2. The van der Waals surface area contributed by atoms with Crippen LogP contribution in [0.25, 0.3) is 0 Å².